The Bertz CT molecular complexity index is 431. The van der Waals surface area contributed by atoms with Gasteiger partial charge in [0.15, 0.2) is 0 Å². The number of hydrogen-bond donors (Lipinski definition) is 1. The summed E-state index contributed by atoms with van der Waals surface area (Å²) in [5.41, 5.74) is 2.74. The number of pyridine rings is 1. The summed E-state index contributed by atoms with van der Waals surface area (Å²) in [6.07, 6.45) is 5.31. The Hall–Kier alpha value is -1.28. The molecule has 0 aromatic carbocycles. The van der Waals surface area contributed by atoms with Crippen molar-refractivity contribution in [2.24, 2.45) is 0 Å². The van der Waals surface area contributed by atoms with Gasteiger partial charge in [-0.05, 0) is 43.7 Å². The molecule has 1 unspecified atom stereocenters. The van der Waals surface area contributed by atoms with Crippen LogP contribution in [-0.4, -0.2) is 17.0 Å². The highest BCUT2D eigenvalue weighted by Gasteiger charge is 2.05. The van der Waals surface area contributed by atoms with Crippen LogP contribution in [-0.2, 0) is 6.42 Å². The lowest BCUT2D eigenvalue weighted by molar-refractivity contribution is 0.567. The van der Waals surface area contributed by atoms with E-state index in [1.54, 1.807) is 0 Å². The van der Waals surface area contributed by atoms with Crippen molar-refractivity contribution in [3.05, 3.63) is 42.2 Å². The fourth-order valence-electron chi connectivity index (χ4n) is 2.04. The SMILES string of the molecule is CCNC(C)Cc1ccn2ccccc12. The van der Waals surface area contributed by atoms with E-state index in [2.05, 4.69) is 60.2 Å². The summed E-state index contributed by atoms with van der Waals surface area (Å²) in [5, 5.41) is 3.44. The van der Waals surface area contributed by atoms with Crippen LogP contribution in [0.5, 0.6) is 0 Å². The molecule has 0 bridgehead atoms. The van der Waals surface area contributed by atoms with Gasteiger partial charge in [0.25, 0.3) is 0 Å². The first-order chi connectivity index (χ1) is 7.31. The van der Waals surface area contributed by atoms with Crippen LogP contribution >= 0.6 is 0 Å². The number of likely N-dealkylation sites (N-methyl/N-ethyl adjacent to an activating group) is 1. The maximum Gasteiger partial charge on any atom is 0.0482 e. The predicted octanol–water partition coefficient (Wildman–Crippen LogP) is 2.48. The van der Waals surface area contributed by atoms with E-state index in [0.29, 0.717) is 6.04 Å². The minimum Gasteiger partial charge on any atom is -0.324 e. The highest BCUT2D eigenvalue weighted by atomic mass is 14.9. The molecule has 2 rings (SSSR count). The molecule has 1 atom stereocenters. The molecule has 0 saturated heterocycles. The van der Waals surface area contributed by atoms with Crippen molar-refractivity contribution >= 4 is 5.52 Å². The smallest absolute Gasteiger partial charge is 0.0482 e. The topological polar surface area (TPSA) is 16.4 Å². The Balaban J connectivity index is 2.21. The Kier molecular flexibility index (Phi) is 3.07. The fourth-order valence-corrected chi connectivity index (χ4v) is 2.04. The Morgan fingerprint density at radius 3 is 2.93 bits per heavy atom. The van der Waals surface area contributed by atoms with E-state index in [4.69, 9.17) is 0 Å². The van der Waals surface area contributed by atoms with E-state index >= 15 is 0 Å². The second-order valence-corrected chi connectivity index (χ2v) is 4.00. The normalized spacial score (nSPS) is 13.2. The molecule has 2 aromatic heterocycles. The Morgan fingerprint density at radius 2 is 2.13 bits per heavy atom. The number of rotatable bonds is 4. The molecule has 0 aliphatic carbocycles. The predicted molar refractivity (Wildman–Crippen MR) is 64.2 cm³/mol. The van der Waals surface area contributed by atoms with Crippen molar-refractivity contribution in [2.45, 2.75) is 26.3 Å². The molecule has 80 valence electrons. The molecule has 0 radical (unpaired) electrons. The van der Waals surface area contributed by atoms with Gasteiger partial charge < -0.3 is 9.72 Å². The third-order valence-electron chi connectivity index (χ3n) is 2.73. The van der Waals surface area contributed by atoms with Crippen LogP contribution in [0.1, 0.15) is 19.4 Å². The van der Waals surface area contributed by atoms with Gasteiger partial charge in [-0.2, -0.15) is 0 Å². The van der Waals surface area contributed by atoms with Crippen LogP contribution in [0.4, 0.5) is 0 Å². The summed E-state index contributed by atoms with van der Waals surface area (Å²) in [7, 11) is 0. The van der Waals surface area contributed by atoms with Crippen molar-refractivity contribution in [3.8, 4) is 0 Å². The lowest BCUT2D eigenvalue weighted by Gasteiger charge is -2.11. The minimum atomic E-state index is 0.543. The largest absolute Gasteiger partial charge is 0.324 e. The fraction of sp³-hybridized carbons (Fsp3) is 0.385. The van der Waals surface area contributed by atoms with E-state index in [1.807, 2.05) is 0 Å². The van der Waals surface area contributed by atoms with Crippen molar-refractivity contribution in [1.82, 2.24) is 9.72 Å². The van der Waals surface area contributed by atoms with Crippen molar-refractivity contribution < 1.29 is 0 Å². The van der Waals surface area contributed by atoms with Gasteiger partial charge in [0.2, 0.25) is 0 Å². The van der Waals surface area contributed by atoms with E-state index < -0.39 is 0 Å². The third-order valence-corrected chi connectivity index (χ3v) is 2.73. The maximum atomic E-state index is 3.44. The quantitative estimate of drug-likeness (QED) is 0.805. The highest BCUT2D eigenvalue weighted by Crippen LogP contribution is 2.14. The van der Waals surface area contributed by atoms with Crippen molar-refractivity contribution in [2.75, 3.05) is 6.54 Å². The zero-order valence-electron chi connectivity index (χ0n) is 9.40. The van der Waals surface area contributed by atoms with Crippen LogP contribution in [0.25, 0.3) is 5.52 Å². The molecular weight excluding hydrogens is 184 g/mol. The van der Waals surface area contributed by atoms with Gasteiger partial charge in [0.05, 0.1) is 0 Å². The molecule has 2 aromatic rings. The Morgan fingerprint density at radius 1 is 1.27 bits per heavy atom. The Labute approximate surface area is 90.9 Å². The van der Waals surface area contributed by atoms with Gasteiger partial charge in [-0.25, -0.2) is 0 Å². The molecule has 2 heterocycles. The van der Waals surface area contributed by atoms with Crippen LogP contribution in [0.15, 0.2) is 36.7 Å². The molecule has 2 heteroatoms. The maximum absolute atomic E-state index is 3.44. The second-order valence-electron chi connectivity index (χ2n) is 4.00. The summed E-state index contributed by atoms with van der Waals surface area (Å²) in [6, 6.07) is 9.08. The zero-order valence-corrected chi connectivity index (χ0v) is 9.40. The summed E-state index contributed by atoms with van der Waals surface area (Å²) in [6.45, 7) is 5.41. The molecule has 0 spiro atoms. The number of nitrogens with one attached hydrogen (secondary N) is 1. The zero-order chi connectivity index (χ0) is 10.7. The van der Waals surface area contributed by atoms with E-state index in [-0.39, 0.29) is 0 Å². The van der Waals surface area contributed by atoms with Crippen molar-refractivity contribution in [3.63, 3.8) is 0 Å². The number of nitrogens with zero attached hydrogens (tertiary/aromatic N) is 1. The molecule has 15 heavy (non-hydrogen) atoms. The molecule has 0 aliphatic heterocycles. The summed E-state index contributed by atoms with van der Waals surface area (Å²) in [4.78, 5) is 0. The van der Waals surface area contributed by atoms with Crippen LogP contribution < -0.4 is 5.32 Å². The number of hydrogen-bond acceptors (Lipinski definition) is 1. The van der Waals surface area contributed by atoms with Crippen LogP contribution in [0.2, 0.25) is 0 Å². The van der Waals surface area contributed by atoms with Gasteiger partial charge in [-0.1, -0.05) is 13.0 Å². The summed E-state index contributed by atoms with van der Waals surface area (Å²) >= 11 is 0. The standard InChI is InChI=1S/C13H18N2/c1-3-14-11(2)10-12-7-9-15-8-5-4-6-13(12)15/h4-9,11,14H,3,10H2,1-2H3. The van der Waals surface area contributed by atoms with Gasteiger partial charge >= 0.3 is 0 Å². The third kappa shape index (κ3) is 2.21. The number of fused-ring (bicyclic) bond motifs is 1. The average molecular weight is 202 g/mol. The van der Waals surface area contributed by atoms with E-state index in [0.717, 1.165) is 13.0 Å². The number of aromatic nitrogens is 1. The molecule has 0 saturated carbocycles. The van der Waals surface area contributed by atoms with E-state index in [1.165, 1.54) is 11.1 Å². The first-order valence-corrected chi connectivity index (χ1v) is 5.59. The lowest BCUT2D eigenvalue weighted by atomic mass is 10.1. The van der Waals surface area contributed by atoms with Gasteiger partial charge in [-0.3, -0.25) is 0 Å². The molecular formula is C13H18N2. The first kappa shape index (κ1) is 10.2. The second kappa shape index (κ2) is 4.49. The van der Waals surface area contributed by atoms with Gasteiger partial charge in [0.1, 0.15) is 0 Å². The first-order valence-electron chi connectivity index (χ1n) is 5.59. The molecule has 2 nitrogen and oxygen atoms in total. The summed E-state index contributed by atoms with van der Waals surface area (Å²) in [5.74, 6) is 0. The summed E-state index contributed by atoms with van der Waals surface area (Å²) < 4.78 is 2.17. The lowest BCUT2D eigenvalue weighted by Crippen LogP contribution is -2.27. The average Bonchev–Trinajstić information content (AvgIpc) is 2.62. The monoisotopic (exact) mass is 202 g/mol. The molecule has 0 amide bonds. The molecule has 0 fully saturated rings. The van der Waals surface area contributed by atoms with Gasteiger partial charge in [0, 0.05) is 24.0 Å². The molecule has 0 aliphatic rings. The molecule has 1 N–H and O–H groups in total. The van der Waals surface area contributed by atoms with Gasteiger partial charge in [-0.15, -0.1) is 0 Å². The minimum absolute atomic E-state index is 0.543. The van der Waals surface area contributed by atoms with E-state index in [9.17, 15) is 0 Å². The van der Waals surface area contributed by atoms with Crippen LogP contribution in [0, 0.1) is 0 Å². The van der Waals surface area contributed by atoms with Crippen LogP contribution in [0.3, 0.4) is 0 Å². The van der Waals surface area contributed by atoms with Crippen molar-refractivity contribution in [1.29, 1.82) is 0 Å². The highest BCUT2D eigenvalue weighted by molar-refractivity contribution is 5.55.